The van der Waals surface area contributed by atoms with E-state index in [1.165, 1.54) is 18.2 Å². The Bertz CT molecular complexity index is 1150. The van der Waals surface area contributed by atoms with Crippen molar-refractivity contribution in [2.75, 3.05) is 12.4 Å². The number of allylic oxidation sites excluding steroid dienone is 1. The first-order valence-electron chi connectivity index (χ1n) is 8.74. The van der Waals surface area contributed by atoms with Crippen LogP contribution in [0.1, 0.15) is 22.8 Å². The third-order valence-corrected chi connectivity index (χ3v) is 4.43. The van der Waals surface area contributed by atoms with Gasteiger partial charge in [0.15, 0.2) is 0 Å². The number of hydrogen-bond acceptors (Lipinski definition) is 5. The highest BCUT2D eigenvalue weighted by atomic mass is 16.6. The molecule has 3 aromatic carbocycles. The molecule has 0 fully saturated rings. The van der Waals surface area contributed by atoms with Crippen molar-refractivity contribution >= 4 is 39.6 Å². The highest BCUT2D eigenvalue weighted by Gasteiger charge is 2.18. The smallest absolute Gasteiger partial charge is 0.340 e. The summed E-state index contributed by atoms with van der Waals surface area (Å²) in [5.74, 6) is -1.24. The van der Waals surface area contributed by atoms with Gasteiger partial charge in [0.1, 0.15) is 0 Å². The van der Waals surface area contributed by atoms with Gasteiger partial charge in [0.2, 0.25) is 5.91 Å². The van der Waals surface area contributed by atoms with E-state index in [-0.39, 0.29) is 16.9 Å². The van der Waals surface area contributed by atoms with Crippen LogP contribution in [0.25, 0.3) is 16.3 Å². The average Bonchev–Trinajstić information content (AvgIpc) is 2.72. The lowest BCUT2D eigenvalue weighted by Gasteiger charge is -2.09. The van der Waals surface area contributed by atoms with Gasteiger partial charge in [-0.3, -0.25) is 14.9 Å². The van der Waals surface area contributed by atoms with E-state index < -0.39 is 16.8 Å². The summed E-state index contributed by atoms with van der Waals surface area (Å²) in [6.45, 7) is 1.81. The van der Waals surface area contributed by atoms with Crippen molar-refractivity contribution in [3.05, 3.63) is 88.0 Å². The number of amides is 1. The second-order valence-corrected chi connectivity index (χ2v) is 6.36. The lowest BCUT2D eigenvalue weighted by atomic mass is 10.0. The van der Waals surface area contributed by atoms with Crippen LogP contribution in [0.2, 0.25) is 0 Å². The molecule has 0 heterocycles. The molecule has 1 amide bonds. The van der Waals surface area contributed by atoms with Crippen molar-refractivity contribution in [2.24, 2.45) is 0 Å². The van der Waals surface area contributed by atoms with Gasteiger partial charge >= 0.3 is 5.97 Å². The molecule has 3 aromatic rings. The first-order valence-corrected chi connectivity index (χ1v) is 8.74. The quantitative estimate of drug-likeness (QED) is 0.298. The normalized spacial score (nSPS) is 11.2. The largest absolute Gasteiger partial charge is 0.465 e. The van der Waals surface area contributed by atoms with Gasteiger partial charge in [-0.15, -0.1) is 0 Å². The Morgan fingerprint density at radius 3 is 2.45 bits per heavy atom. The van der Waals surface area contributed by atoms with Gasteiger partial charge in [-0.1, -0.05) is 36.4 Å². The van der Waals surface area contributed by atoms with Gasteiger partial charge in [0, 0.05) is 18.2 Å². The molecule has 0 saturated carbocycles. The van der Waals surface area contributed by atoms with Crippen molar-refractivity contribution in [1.82, 2.24) is 0 Å². The van der Waals surface area contributed by atoms with E-state index in [0.29, 0.717) is 0 Å². The summed E-state index contributed by atoms with van der Waals surface area (Å²) >= 11 is 0. The minimum atomic E-state index is -0.778. The first-order chi connectivity index (χ1) is 13.9. The van der Waals surface area contributed by atoms with Gasteiger partial charge in [0.05, 0.1) is 23.3 Å². The zero-order valence-electron chi connectivity index (χ0n) is 15.8. The Morgan fingerprint density at radius 1 is 1.03 bits per heavy atom. The fraction of sp³-hybridized carbons (Fsp3) is 0.0909. The van der Waals surface area contributed by atoms with Crippen LogP contribution in [0.15, 0.2) is 66.7 Å². The first kappa shape index (κ1) is 19.8. The minimum Gasteiger partial charge on any atom is -0.465 e. The Hall–Kier alpha value is -4.00. The molecule has 0 aliphatic rings. The lowest BCUT2D eigenvalue weighted by molar-refractivity contribution is -0.384. The molecule has 1 N–H and O–H groups in total. The third kappa shape index (κ3) is 4.47. The number of benzene rings is 3. The zero-order valence-corrected chi connectivity index (χ0v) is 15.8. The lowest BCUT2D eigenvalue weighted by Crippen LogP contribution is -2.13. The van der Waals surface area contributed by atoms with Gasteiger partial charge in [-0.05, 0) is 41.0 Å². The van der Waals surface area contributed by atoms with Crippen molar-refractivity contribution in [2.45, 2.75) is 6.92 Å². The van der Waals surface area contributed by atoms with Crippen molar-refractivity contribution in [3.8, 4) is 0 Å². The summed E-state index contributed by atoms with van der Waals surface area (Å²) in [5.41, 5.74) is 1.39. The number of non-ortho nitro benzene ring substituents is 1. The molecule has 3 rings (SSSR count). The molecule has 0 atom stereocenters. The molecule has 7 nitrogen and oxygen atoms in total. The van der Waals surface area contributed by atoms with Crippen LogP contribution in [0, 0.1) is 10.1 Å². The van der Waals surface area contributed by atoms with Gasteiger partial charge < -0.3 is 10.1 Å². The number of rotatable bonds is 5. The van der Waals surface area contributed by atoms with Crippen LogP contribution in [-0.2, 0) is 9.53 Å². The summed E-state index contributed by atoms with van der Waals surface area (Å²) in [6, 6.07) is 17.4. The Balaban J connectivity index is 1.87. The SMILES string of the molecule is COC(=O)c1cc([N+](=O)[O-])ccc1NC(=O)/C=C(/C)c1ccc2ccccc2c1. The molecule has 0 aliphatic carbocycles. The number of nitrogens with zero attached hydrogens (tertiary/aromatic N) is 1. The number of methoxy groups -OCH3 is 1. The standard InChI is InChI=1S/C22H18N2O5/c1-14(16-8-7-15-5-3-4-6-17(15)12-16)11-21(25)23-20-10-9-18(24(27)28)13-19(20)22(26)29-2/h3-13H,1-2H3,(H,23,25)/b14-11-. The van der Waals surface area contributed by atoms with Crippen LogP contribution < -0.4 is 5.32 Å². The number of carbonyl (C=O) groups is 2. The van der Waals surface area contributed by atoms with E-state index in [4.69, 9.17) is 0 Å². The predicted octanol–water partition coefficient (Wildman–Crippen LogP) is 4.58. The highest BCUT2D eigenvalue weighted by Crippen LogP contribution is 2.24. The molecule has 0 radical (unpaired) electrons. The van der Waals surface area contributed by atoms with Crippen LogP contribution in [0.3, 0.4) is 0 Å². The number of nitro benzene ring substituents is 1. The van der Waals surface area contributed by atoms with Crippen LogP contribution in [0.4, 0.5) is 11.4 Å². The van der Waals surface area contributed by atoms with Crippen molar-refractivity contribution < 1.29 is 19.2 Å². The molecule has 0 saturated heterocycles. The maximum Gasteiger partial charge on any atom is 0.340 e. The summed E-state index contributed by atoms with van der Waals surface area (Å²) in [4.78, 5) is 34.7. The van der Waals surface area contributed by atoms with Crippen molar-refractivity contribution in [3.63, 3.8) is 0 Å². The summed E-state index contributed by atoms with van der Waals surface area (Å²) in [6.07, 6.45) is 1.41. The fourth-order valence-electron chi connectivity index (χ4n) is 2.92. The van der Waals surface area contributed by atoms with Gasteiger partial charge in [-0.25, -0.2) is 4.79 Å². The number of carbonyl (C=O) groups excluding carboxylic acids is 2. The van der Waals surface area contributed by atoms with Crippen molar-refractivity contribution in [1.29, 1.82) is 0 Å². The summed E-state index contributed by atoms with van der Waals surface area (Å²) in [7, 11) is 1.16. The average molecular weight is 390 g/mol. The predicted molar refractivity (Wildman–Crippen MR) is 111 cm³/mol. The van der Waals surface area contributed by atoms with Gasteiger partial charge in [-0.2, -0.15) is 0 Å². The van der Waals surface area contributed by atoms with Crippen LogP contribution in [-0.4, -0.2) is 23.9 Å². The number of nitrogens with one attached hydrogen (secondary N) is 1. The van der Waals surface area contributed by atoms with E-state index in [9.17, 15) is 19.7 Å². The molecule has 0 aromatic heterocycles. The highest BCUT2D eigenvalue weighted by molar-refractivity contribution is 6.08. The molecule has 7 heteroatoms. The van der Waals surface area contributed by atoms with E-state index in [1.807, 2.05) is 42.5 Å². The summed E-state index contributed by atoms with van der Waals surface area (Å²) < 4.78 is 4.66. The third-order valence-electron chi connectivity index (χ3n) is 4.43. The maximum atomic E-state index is 12.5. The Labute approximate surface area is 166 Å². The summed E-state index contributed by atoms with van der Waals surface area (Å²) in [5, 5.41) is 15.7. The van der Waals surface area contributed by atoms with E-state index in [0.717, 1.165) is 35.1 Å². The molecule has 146 valence electrons. The minimum absolute atomic E-state index is 0.0909. The van der Waals surface area contributed by atoms with E-state index >= 15 is 0 Å². The Morgan fingerprint density at radius 2 is 1.76 bits per heavy atom. The molecule has 29 heavy (non-hydrogen) atoms. The number of ether oxygens (including phenoxy) is 1. The van der Waals surface area contributed by atoms with E-state index in [1.54, 1.807) is 6.92 Å². The fourth-order valence-corrected chi connectivity index (χ4v) is 2.92. The molecular weight excluding hydrogens is 372 g/mol. The number of fused-ring (bicyclic) bond motifs is 1. The molecule has 0 unspecified atom stereocenters. The number of esters is 1. The van der Waals surface area contributed by atoms with Gasteiger partial charge in [0.25, 0.3) is 5.69 Å². The molecular formula is C22H18N2O5. The topological polar surface area (TPSA) is 98.5 Å². The number of anilines is 1. The van der Waals surface area contributed by atoms with E-state index in [2.05, 4.69) is 10.1 Å². The number of nitro groups is 1. The van der Waals surface area contributed by atoms with Crippen LogP contribution >= 0.6 is 0 Å². The molecule has 0 spiro atoms. The second-order valence-electron chi connectivity index (χ2n) is 6.36. The Kier molecular flexibility index (Phi) is 5.69. The second kappa shape index (κ2) is 8.35. The van der Waals surface area contributed by atoms with Crippen LogP contribution in [0.5, 0.6) is 0 Å². The maximum absolute atomic E-state index is 12.5. The molecule has 0 aliphatic heterocycles. The zero-order chi connectivity index (χ0) is 21.0. The molecule has 0 bridgehead atoms. The monoisotopic (exact) mass is 390 g/mol. The number of hydrogen-bond donors (Lipinski definition) is 1.